The maximum absolute atomic E-state index is 13.7. The fourth-order valence-corrected chi connectivity index (χ4v) is 6.63. The fraction of sp³-hybridized carbons (Fsp3) is 0.444. The Morgan fingerprint density at radius 1 is 1.10 bits per heavy atom. The standard InChI is InChI=1S/C27H33N5O6S/c1-17(2)14-21(29-25(34)18-7-9-20(10-8-18)30(3)4)26(35)31-13-11-22-24(31)23(33)16-32(22)39(37,38)27(36)19-6-5-12-28-15-19/h5-10,12,15,17,21-22,24H,11,13-14,16H2,1-4H3,(H,29,34). The number of hydrogen-bond acceptors (Lipinski definition) is 8. The predicted octanol–water partition coefficient (Wildman–Crippen LogP) is 1.32. The summed E-state index contributed by atoms with van der Waals surface area (Å²) in [6.45, 7) is 3.48. The van der Waals surface area contributed by atoms with E-state index in [1.165, 1.54) is 23.2 Å². The first kappa shape index (κ1) is 28.4. The summed E-state index contributed by atoms with van der Waals surface area (Å²) in [5, 5.41) is 1.68. The zero-order valence-corrected chi connectivity index (χ0v) is 23.2. The maximum atomic E-state index is 13.7. The smallest absolute Gasteiger partial charge is 0.293 e. The van der Waals surface area contributed by atoms with E-state index in [1.807, 2.05) is 32.8 Å². The van der Waals surface area contributed by atoms with Crippen LogP contribution in [0.5, 0.6) is 0 Å². The number of nitrogens with zero attached hydrogens (tertiary/aromatic N) is 4. The van der Waals surface area contributed by atoms with Crippen LogP contribution < -0.4 is 10.2 Å². The Kier molecular flexibility index (Phi) is 8.17. The largest absolute Gasteiger partial charge is 0.378 e. The van der Waals surface area contributed by atoms with Crippen molar-refractivity contribution in [3.63, 3.8) is 0 Å². The van der Waals surface area contributed by atoms with Gasteiger partial charge in [0.15, 0.2) is 5.78 Å². The lowest BCUT2D eigenvalue weighted by Crippen LogP contribution is -2.53. The molecule has 2 fully saturated rings. The first-order chi connectivity index (χ1) is 18.4. The number of sulfonamides is 1. The Labute approximate surface area is 228 Å². The van der Waals surface area contributed by atoms with Gasteiger partial charge in [0, 0.05) is 44.3 Å². The Morgan fingerprint density at radius 2 is 1.79 bits per heavy atom. The van der Waals surface area contributed by atoms with Gasteiger partial charge >= 0.3 is 0 Å². The molecule has 0 saturated carbocycles. The molecular weight excluding hydrogens is 522 g/mol. The van der Waals surface area contributed by atoms with Crippen LogP contribution in [-0.2, 0) is 19.6 Å². The van der Waals surface area contributed by atoms with Crippen LogP contribution in [-0.4, -0.2) is 90.6 Å². The second-order valence-electron chi connectivity index (χ2n) is 10.5. The second-order valence-corrected chi connectivity index (χ2v) is 12.3. The van der Waals surface area contributed by atoms with Crippen LogP contribution in [0.25, 0.3) is 0 Å². The minimum atomic E-state index is -4.51. The van der Waals surface area contributed by atoms with Gasteiger partial charge in [-0.3, -0.25) is 24.2 Å². The zero-order valence-electron chi connectivity index (χ0n) is 22.4. The molecule has 0 radical (unpaired) electrons. The van der Waals surface area contributed by atoms with Crippen LogP contribution in [0, 0.1) is 5.92 Å². The molecule has 3 unspecified atom stereocenters. The summed E-state index contributed by atoms with van der Waals surface area (Å²) in [7, 11) is -0.729. The van der Waals surface area contributed by atoms with E-state index in [9.17, 15) is 27.6 Å². The monoisotopic (exact) mass is 555 g/mol. The average molecular weight is 556 g/mol. The van der Waals surface area contributed by atoms with Gasteiger partial charge in [-0.2, -0.15) is 4.31 Å². The van der Waals surface area contributed by atoms with Gasteiger partial charge in [0.1, 0.15) is 12.1 Å². The summed E-state index contributed by atoms with van der Waals surface area (Å²) in [5.74, 6) is -1.26. The van der Waals surface area contributed by atoms with Crippen molar-refractivity contribution in [3.05, 3.63) is 59.9 Å². The lowest BCUT2D eigenvalue weighted by Gasteiger charge is -2.29. The summed E-state index contributed by atoms with van der Waals surface area (Å²) in [6.07, 6.45) is 3.12. The SMILES string of the molecule is CC(C)CC(NC(=O)c1ccc(N(C)C)cc1)C(=O)N1CCC2C1C(=O)CN2S(=O)(=O)C(=O)c1cccnc1. The third-order valence-corrected chi connectivity index (χ3v) is 8.78. The van der Waals surface area contributed by atoms with Crippen LogP contribution in [0.4, 0.5) is 5.69 Å². The number of hydrogen-bond donors (Lipinski definition) is 1. The van der Waals surface area contributed by atoms with E-state index in [2.05, 4.69) is 10.3 Å². The fourth-order valence-electron chi connectivity index (χ4n) is 5.13. The molecule has 0 aliphatic carbocycles. The molecule has 1 N–H and O–H groups in total. The number of carbonyl (C=O) groups is 4. The van der Waals surface area contributed by atoms with E-state index in [1.54, 1.807) is 24.3 Å². The number of Topliss-reactive ketones (excluding diaryl/α,β-unsaturated/α-hetero) is 1. The quantitative estimate of drug-likeness (QED) is 0.515. The molecule has 2 aliphatic heterocycles. The molecule has 2 amide bonds. The highest BCUT2D eigenvalue weighted by atomic mass is 32.2. The number of benzene rings is 1. The normalized spacial score (nSPS) is 20.1. The van der Waals surface area contributed by atoms with Gasteiger partial charge in [-0.25, -0.2) is 8.42 Å². The highest BCUT2D eigenvalue weighted by Crippen LogP contribution is 2.33. The summed E-state index contributed by atoms with van der Waals surface area (Å²) >= 11 is 0. The number of aromatic nitrogens is 1. The van der Waals surface area contributed by atoms with Crippen molar-refractivity contribution in [2.24, 2.45) is 5.92 Å². The molecule has 0 spiro atoms. The lowest BCUT2D eigenvalue weighted by atomic mass is 10.0. The minimum Gasteiger partial charge on any atom is -0.378 e. The third-order valence-electron chi connectivity index (χ3n) is 7.06. The predicted molar refractivity (Wildman–Crippen MR) is 145 cm³/mol. The minimum absolute atomic E-state index is 0.0574. The molecule has 3 atom stereocenters. The van der Waals surface area contributed by atoms with E-state index in [-0.39, 0.29) is 24.4 Å². The van der Waals surface area contributed by atoms with Gasteiger partial charge in [0.2, 0.25) is 5.91 Å². The molecule has 2 saturated heterocycles. The van der Waals surface area contributed by atoms with E-state index >= 15 is 0 Å². The van der Waals surface area contributed by atoms with Crippen LogP contribution in [0.15, 0.2) is 48.8 Å². The van der Waals surface area contributed by atoms with Crippen LogP contribution in [0.1, 0.15) is 47.4 Å². The molecule has 2 aromatic rings. The molecule has 11 nitrogen and oxygen atoms in total. The van der Waals surface area contributed by atoms with Crippen molar-refractivity contribution in [2.75, 3.05) is 32.1 Å². The first-order valence-corrected chi connectivity index (χ1v) is 14.2. The molecule has 0 bridgehead atoms. The van der Waals surface area contributed by atoms with Gasteiger partial charge in [0.25, 0.3) is 21.0 Å². The number of rotatable bonds is 8. The number of ketones is 1. The van der Waals surface area contributed by atoms with E-state index in [0.717, 1.165) is 16.2 Å². The van der Waals surface area contributed by atoms with Gasteiger partial charge in [0.05, 0.1) is 18.2 Å². The van der Waals surface area contributed by atoms with E-state index in [4.69, 9.17) is 0 Å². The number of anilines is 1. The lowest BCUT2D eigenvalue weighted by molar-refractivity contribution is -0.138. The molecule has 208 valence electrons. The molecule has 2 aliphatic rings. The summed E-state index contributed by atoms with van der Waals surface area (Å²) in [4.78, 5) is 59.6. The first-order valence-electron chi connectivity index (χ1n) is 12.8. The number of carbonyl (C=O) groups excluding carboxylic acids is 4. The average Bonchev–Trinajstić information content (AvgIpc) is 3.49. The van der Waals surface area contributed by atoms with Crippen molar-refractivity contribution in [1.82, 2.24) is 19.5 Å². The number of fused-ring (bicyclic) bond motifs is 1. The van der Waals surface area contributed by atoms with Crippen molar-refractivity contribution < 1.29 is 27.6 Å². The number of pyridine rings is 1. The molecular formula is C27H33N5O6S. The van der Waals surface area contributed by atoms with Crippen molar-refractivity contribution >= 4 is 38.4 Å². The van der Waals surface area contributed by atoms with Gasteiger partial charge in [-0.1, -0.05) is 13.8 Å². The Hall–Kier alpha value is -3.64. The number of likely N-dealkylation sites (tertiary alicyclic amines) is 1. The van der Waals surface area contributed by atoms with Crippen molar-refractivity contribution in [3.8, 4) is 0 Å². The highest BCUT2D eigenvalue weighted by molar-refractivity contribution is 8.04. The van der Waals surface area contributed by atoms with Gasteiger partial charge < -0.3 is 15.1 Å². The van der Waals surface area contributed by atoms with Gasteiger partial charge in [-0.15, -0.1) is 0 Å². The molecule has 3 heterocycles. The third kappa shape index (κ3) is 5.71. The highest BCUT2D eigenvalue weighted by Gasteiger charge is 2.55. The Bertz CT molecular complexity index is 1360. The molecule has 1 aromatic carbocycles. The molecule has 12 heteroatoms. The molecule has 1 aromatic heterocycles. The number of amides is 2. The second kappa shape index (κ2) is 11.2. The maximum Gasteiger partial charge on any atom is 0.293 e. The Balaban J connectivity index is 1.52. The summed E-state index contributed by atoms with van der Waals surface area (Å²) in [5.41, 5.74) is 1.22. The van der Waals surface area contributed by atoms with Gasteiger partial charge in [-0.05, 0) is 55.2 Å². The van der Waals surface area contributed by atoms with Crippen molar-refractivity contribution in [1.29, 1.82) is 0 Å². The van der Waals surface area contributed by atoms with E-state index < -0.39 is 57.4 Å². The topological polar surface area (TPSA) is 137 Å². The summed E-state index contributed by atoms with van der Waals surface area (Å²) < 4.78 is 27.3. The van der Waals surface area contributed by atoms with Crippen LogP contribution >= 0.6 is 0 Å². The zero-order chi connectivity index (χ0) is 28.5. The van der Waals surface area contributed by atoms with Crippen molar-refractivity contribution in [2.45, 2.75) is 44.8 Å². The van der Waals surface area contributed by atoms with Crippen LogP contribution in [0.3, 0.4) is 0 Å². The van der Waals surface area contributed by atoms with E-state index in [0.29, 0.717) is 12.0 Å². The summed E-state index contributed by atoms with van der Waals surface area (Å²) in [6, 6.07) is 7.00. The Morgan fingerprint density at radius 3 is 2.38 bits per heavy atom. The molecule has 4 rings (SSSR count). The molecule has 39 heavy (non-hydrogen) atoms. The van der Waals surface area contributed by atoms with Crippen LogP contribution in [0.2, 0.25) is 0 Å². The number of nitrogens with one attached hydrogen (secondary N) is 1.